The first-order chi connectivity index (χ1) is 14.3. The third kappa shape index (κ3) is 6.82. The Morgan fingerprint density at radius 3 is 2.07 bits per heavy atom. The molecule has 0 aliphatic heterocycles. The molecule has 0 amide bonds. The van der Waals surface area contributed by atoms with Crippen molar-refractivity contribution in [2.75, 3.05) is 11.9 Å². The molecule has 0 N–H and O–H groups in total. The van der Waals surface area contributed by atoms with Crippen molar-refractivity contribution in [3.05, 3.63) is 52.7 Å². The quantitative estimate of drug-likeness (QED) is 0.142. The first-order valence-corrected chi connectivity index (χ1v) is 12.9. The molecule has 1 aromatic heterocycles. The van der Waals surface area contributed by atoms with Crippen molar-refractivity contribution in [1.29, 1.82) is 0 Å². The van der Waals surface area contributed by atoms with Crippen LogP contribution in [-0.2, 0) is 0 Å². The minimum Gasteiger partial charge on any atom is -0.494 e. The molecule has 0 saturated heterocycles. The SMILES string of the molecule is O=c1c2ccccc2sc2ccc(OCCCCCCCCCCCCBr)cc12. The van der Waals surface area contributed by atoms with Gasteiger partial charge in [0.05, 0.1) is 6.61 Å². The average molecular weight is 475 g/mol. The predicted octanol–water partition coefficient (Wildman–Crippen LogP) is 8.09. The summed E-state index contributed by atoms with van der Waals surface area (Å²) in [5.41, 5.74) is 0.104. The van der Waals surface area contributed by atoms with E-state index in [4.69, 9.17) is 4.74 Å². The highest BCUT2D eigenvalue weighted by Crippen LogP contribution is 2.27. The van der Waals surface area contributed by atoms with Gasteiger partial charge in [0.1, 0.15) is 5.75 Å². The number of ether oxygens (including phenoxy) is 1. The maximum absolute atomic E-state index is 12.8. The summed E-state index contributed by atoms with van der Waals surface area (Å²) in [4.78, 5) is 12.8. The van der Waals surface area contributed by atoms with E-state index >= 15 is 0 Å². The van der Waals surface area contributed by atoms with Crippen molar-refractivity contribution < 1.29 is 4.74 Å². The van der Waals surface area contributed by atoms with Crippen LogP contribution in [0, 0.1) is 0 Å². The summed E-state index contributed by atoms with van der Waals surface area (Å²) >= 11 is 5.15. The Kier molecular flexibility index (Phi) is 9.49. The largest absolute Gasteiger partial charge is 0.494 e. The highest BCUT2D eigenvalue weighted by Gasteiger charge is 2.07. The first-order valence-electron chi connectivity index (χ1n) is 10.9. The standard InChI is InChI=1S/C25H31BrO2S/c26-17-11-7-5-3-1-2-4-6-8-12-18-28-20-15-16-24-22(19-20)25(27)21-13-9-10-14-23(21)29-24/h9-10,13-16,19H,1-8,11-12,17-18H2. The summed E-state index contributed by atoms with van der Waals surface area (Å²) in [5.74, 6) is 0.806. The normalized spacial score (nSPS) is 11.3. The van der Waals surface area contributed by atoms with Gasteiger partial charge in [0.25, 0.3) is 0 Å². The monoisotopic (exact) mass is 474 g/mol. The van der Waals surface area contributed by atoms with E-state index in [9.17, 15) is 4.79 Å². The van der Waals surface area contributed by atoms with E-state index in [1.54, 1.807) is 11.3 Å². The molecule has 29 heavy (non-hydrogen) atoms. The molecule has 3 aromatic rings. The summed E-state index contributed by atoms with van der Waals surface area (Å²) in [6.07, 6.45) is 13.1. The number of benzene rings is 2. The maximum Gasteiger partial charge on any atom is 0.196 e. The van der Waals surface area contributed by atoms with E-state index in [1.165, 1.54) is 57.8 Å². The van der Waals surface area contributed by atoms with Crippen molar-refractivity contribution in [1.82, 2.24) is 0 Å². The average Bonchev–Trinajstić information content (AvgIpc) is 2.75. The molecule has 0 atom stereocenters. The van der Waals surface area contributed by atoms with Crippen LogP contribution in [0.4, 0.5) is 0 Å². The number of hydrogen-bond acceptors (Lipinski definition) is 3. The number of hydrogen-bond donors (Lipinski definition) is 0. The fourth-order valence-electron chi connectivity index (χ4n) is 3.67. The smallest absolute Gasteiger partial charge is 0.196 e. The summed E-state index contributed by atoms with van der Waals surface area (Å²) < 4.78 is 7.99. The number of unbranched alkanes of at least 4 members (excludes halogenated alkanes) is 9. The summed E-state index contributed by atoms with van der Waals surface area (Å²) in [6.45, 7) is 0.725. The molecule has 3 rings (SSSR count). The number of rotatable bonds is 13. The van der Waals surface area contributed by atoms with Crippen LogP contribution in [0.3, 0.4) is 0 Å². The lowest BCUT2D eigenvalue weighted by Gasteiger charge is -2.08. The third-order valence-electron chi connectivity index (χ3n) is 5.34. The number of halogens is 1. The van der Waals surface area contributed by atoms with Gasteiger partial charge in [0.15, 0.2) is 5.43 Å². The van der Waals surface area contributed by atoms with Gasteiger partial charge in [0.2, 0.25) is 0 Å². The van der Waals surface area contributed by atoms with Gasteiger partial charge < -0.3 is 4.74 Å². The van der Waals surface area contributed by atoms with Gasteiger partial charge in [-0.15, -0.1) is 11.3 Å². The number of alkyl halides is 1. The second-order valence-corrected chi connectivity index (χ2v) is 9.54. The van der Waals surface area contributed by atoms with Gasteiger partial charge in [-0.3, -0.25) is 4.79 Å². The van der Waals surface area contributed by atoms with Crippen molar-refractivity contribution in [2.45, 2.75) is 64.2 Å². The van der Waals surface area contributed by atoms with E-state index in [2.05, 4.69) is 15.9 Å². The molecule has 4 heteroatoms. The zero-order valence-electron chi connectivity index (χ0n) is 17.1. The molecule has 0 bridgehead atoms. The van der Waals surface area contributed by atoms with E-state index in [0.29, 0.717) is 0 Å². The van der Waals surface area contributed by atoms with Crippen LogP contribution in [0.25, 0.3) is 20.2 Å². The van der Waals surface area contributed by atoms with Crippen molar-refractivity contribution in [2.24, 2.45) is 0 Å². The van der Waals surface area contributed by atoms with Crippen LogP contribution in [0.2, 0.25) is 0 Å². The maximum atomic E-state index is 12.8. The van der Waals surface area contributed by atoms with Gasteiger partial charge in [-0.05, 0) is 43.2 Å². The number of fused-ring (bicyclic) bond motifs is 2. The molecule has 0 saturated carbocycles. The molecule has 2 nitrogen and oxygen atoms in total. The van der Waals surface area contributed by atoms with Gasteiger partial charge in [-0.2, -0.15) is 0 Å². The molecule has 156 valence electrons. The summed E-state index contributed by atoms with van der Waals surface area (Å²) in [7, 11) is 0. The van der Waals surface area contributed by atoms with E-state index in [1.807, 2.05) is 42.5 Å². The van der Waals surface area contributed by atoms with E-state index in [0.717, 1.165) is 44.3 Å². The van der Waals surface area contributed by atoms with Crippen LogP contribution in [0.1, 0.15) is 64.2 Å². The molecule has 0 unspecified atom stereocenters. The van der Waals surface area contributed by atoms with Gasteiger partial charge in [0, 0.05) is 25.5 Å². The molecule has 2 aromatic carbocycles. The lowest BCUT2D eigenvalue weighted by molar-refractivity contribution is 0.304. The molecule has 0 spiro atoms. The van der Waals surface area contributed by atoms with Crippen molar-refractivity contribution in [3.63, 3.8) is 0 Å². The summed E-state index contributed by atoms with van der Waals surface area (Å²) in [6, 6.07) is 13.7. The van der Waals surface area contributed by atoms with E-state index in [-0.39, 0.29) is 5.43 Å². The lowest BCUT2D eigenvalue weighted by Crippen LogP contribution is -2.02. The molecule has 0 aliphatic carbocycles. The van der Waals surface area contributed by atoms with Crippen molar-refractivity contribution in [3.8, 4) is 5.75 Å². The van der Waals surface area contributed by atoms with E-state index < -0.39 is 0 Å². The Hall–Kier alpha value is -1.39. The Labute approximate surface area is 186 Å². The van der Waals surface area contributed by atoms with Crippen LogP contribution in [-0.4, -0.2) is 11.9 Å². The Balaban J connectivity index is 1.37. The van der Waals surface area contributed by atoms with Crippen LogP contribution >= 0.6 is 27.3 Å². The molecule has 0 aliphatic rings. The van der Waals surface area contributed by atoms with Gasteiger partial charge >= 0.3 is 0 Å². The molecular formula is C25H31BrO2S. The molecular weight excluding hydrogens is 444 g/mol. The van der Waals surface area contributed by atoms with Crippen LogP contribution in [0.5, 0.6) is 5.75 Å². The Morgan fingerprint density at radius 2 is 1.34 bits per heavy atom. The second kappa shape index (κ2) is 12.3. The summed E-state index contributed by atoms with van der Waals surface area (Å²) in [5, 5.41) is 2.71. The molecule has 1 heterocycles. The fourth-order valence-corrected chi connectivity index (χ4v) is 5.12. The highest BCUT2D eigenvalue weighted by molar-refractivity contribution is 9.09. The molecule has 0 radical (unpaired) electrons. The third-order valence-corrected chi connectivity index (χ3v) is 7.06. The Bertz CT molecular complexity index is 950. The topological polar surface area (TPSA) is 26.3 Å². The first kappa shape index (κ1) is 22.3. The van der Waals surface area contributed by atoms with Gasteiger partial charge in [-0.1, -0.05) is 79.4 Å². The fraction of sp³-hybridized carbons (Fsp3) is 0.480. The van der Waals surface area contributed by atoms with Crippen LogP contribution in [0.15, 0.2) is 47.3 Å². The van der Waals surface area contributed by atoms with Gasteiger partial charge in [-0.25, -0.2) is 0 Å². The Morgan fingerprint density at radius 1 is 0.724 bits per heavy atom. The van der Waals surface area contributed by atoms with Crippen molar-refractivity contribution >= 4 is 47.4 Å². The minimum atomic E-state index is 0.104. The predicted molar refractivity (Wildman–Crippen MR) is 131 cm³/mol. The zero-order chi connectivity index (χ0) is 20.3. The second-order valence-electron chi connectivity index (χ2n) is 7.66. The molecule has 0 fully saturated rings. The highest BCUT2D eigenvalue weighted by atomic mass is 79.9. The lowest BCUT2D eigenvalue weighted by atomic mass is 10.1. The van der Waals surface area contributed by atoms with Crippen LogP contribution < -0.4 is 10.2 Å². The zero-order valence-corrected chi connectivity index (χ0v) is 19.5. The minimum absolute atomic E-state index is 0.104.